The van der Waals surface area contributed by atoms with Crippen LogP contribution in [0.15, 0.2) is 0 Å². The molecule has 1 aliphatic heterocycles. The Balaban J connectivity index is 2.09. The van der Waals surface area contributed by atoms with Gasteiger partial charge >= 0.3 is 0 Å². The molecule has 2 atom stereocenters. The highest BCUT2D eigenvalue weighted by molar-refractivity contribution is 5.01. The second kappa shape index (κ2) is 6.33. The van der Waals surface area contributed by atoms with E-state index >= 15 is 0 Å². The largest absolute Gasteiger partial charge is 0.375 e. The lowest BCUT2D eigenvalue weighted by Gasteiger charge is -2.53. The molecule has 1 saturated carbocycles. The third kappa shape index (κ3) is 3.20. The number of ether oxygens (including phenoxy) is 1. The van der Waals surface area contributed by atoms with Crippen LogP contribution in [0, 0.1) is 5.92 Å². The minimum absolute atomic E-state index is 0.00778. The maximum absolute atomic E-state index is 6.25. The Bertz CT molecular complexity index is 314. The van der Waals surface area contributed by atoms with Crippen LogP contribution in [0.25, 0.3) is 0 Å². The van der Waals surface area contributed by atoms with E-state index in [1.807, 2.05) is 0 Å². The molecule has 2 fully saturated rings. The number of hydrogen-bond donors (Lipinski definition) is 1. The van der Waals surface area contributed by atoms with Gasteiger partial charge in [0, 0.05) is 24.7 Å². The first-order chi connectivity index (χ1) is 9.45. The molecule has 2 N–H and O–H groups in total. The fourth-order valence-corrected chi connectivity index (χ4v) is 4.19. The summed E-state index contributed by atoms with van der Waals surface area (Å²) in [4.78, 5) is 2.63. The molecule has 2 unspecified atom stereocenters. The van der Waals surface area contributed by atoms with E-state index in [1.165, 1.54) is 25.7 Å². The van der Waals surface area contributed by atoms with Crippen molar-refractivity contribution in [3.63, 3.8) is 0 Å². The van der Waals surface area contributed by atoms with E-state index in [9.17, 15) is 0 Å². The van der Waals surface area contributed by atoms with Crippen molar-refractivity contribution >= 4 is 0 Å². The summed E-state index contributed by atoms with van der Waals surface area (Å²) in [5.74, 6) is 0.907. The van der Waals surface area contributed by atoms with Crippen molar-refractivity contribution in [3.8, 4) is 0 Å². The third-order valence-electron chi connectivity index (χ3n) is 6.13. The van der Waals surface area contributed by atoms with Gasteiger partial charge in [-0.15, -0.1) is 0 Å². The van der Waals surface area contributed by atoms with Gasteiger partial charge in [0.25, 0.3) is 0 Å². The molecular formula is C17H34N2O. The molecule has 1 aliphatic carbocycles. The lowest BCUT2D eigenvalue weighted by atomic mass is 9.76. The van der Waals surface area contributed by atoms with E-state index in [0.717, 1.165) is 38.3 Å². The van der Waals surface area contributed by atoms with Crippen molar-refractivity contribution < 1.29 is 4.74 Å². The van der Waals surface area contributed by atoms with E-state index in [-0.39, 0.29) is 11.1 Å². The van der Waals surface area contributed by atoms with Crippen LogP contribution in [0.2, 0.25) is 0 Å². The van der Waals surface area contributed by atoms with Crippen molar-refractivity contribution in [2.75, 3.05) is 20.2 Å². The SMILES string of the molecule is CCC1(C)CC(CN)(N(C)C2CCC(C)CC2)CCO1. The van der Waals surface area contributed by atoms with Gasteiger partial charge in [-0.25, -0.2) is 0 Å². The monoisotopic (exact) mass is 282 g/mol. The molecule has 0 amide bonds. The molecule has 0 radical (unpaired) electrons. The summed E-state index contributed by atoms with van der Waals surface area (Å²) in [6.07, 6.45) is 8.65. The molecule has 3 nitrogen and oxygen atoms in total. The second-order valence-corrected chi connectivity index (χ2v) is 7.53. The fraction of sp³-hybridized carbons (Fsp3) is 1.00. The lowest BCUT2D eigenvalue weighted by molar-refractivity contribution is -0.133. The van der Waals surface area contributed by atoms with Crippen LogP contribution in [0.5, 0.6) is 0 Å². The maximum Gasteiger partial charge on any atom is 0.0670 e. The number of nitrogens with two attached hydrogens (primary N) is 1. The lowest BCUT2D eigenvalue weighted by Crippen LogP contribution is -2.62. The van der Waals surface area contributed by atoms with E-state index < -0.39 is 0 Å². The molecule has 2 rings (SSSR count). The van der Waals surface area contributed by atoms with E-state index in [4.69, 9.17) is 10.5 Å². The maximum atomic E-state index is 6.25. The Morgan fingerprint density at radius 2 is 1.90 bits per heavy atom. The highest BCUT2D eigenvalue weighted by atomic mass is 16.5. The summed E-state index contributed by atoms with van der Waals surface area (Å²) in [6.45, 7) is 8.49. The van der Waals surface area contributed by atoms with Crippen molar-refractivity contribution in [2.24, 2.45) is 11.7 Å². The predicted molar refractivity (Wildman–Crippen MR) is 84.9 cm³/mol. The summed E-state index contributed by atoms with van der Waals surface area (Å²) in [7, 11) is 2.31. The van der Waals surface area contributed by atoms with Crippen LogP contribution in [0.3, 0.4) is 0 Å². The van der Waals surface area contributed by atoms with E-state index in [0.29, 0.717) is 6.04 Å². The molecule has 0 aromatic carbocycles. The summed E-state index contributed by atoms with van der Waals surface area (Å²) in [5.41, 5.74) is 6.41. The molecule has 0 aromatic heterocycles. The highest BCUT2D eigenvalue weighted by Gasteiger charge is 2.46. The van der Waals surface area contributed by atoms with Crippen molar-refractivity contribution in [3.05, 3.63) is 0 Å². The molecule has 1 saturated heterocycles. The molecule has 0 aromatic rings. The fourth-order valence-electron chi connectivity index (χ4n) is 4.19. The summed E-state index contributed by atoms with van der Waals surface area (Å²) in [6, 6.07) is 0.717. The Labute approximate surface area is 125 Å². The molecule has 1 heterocycles. The zero-order valence-electron chi connectivity index (χ0n) is 14.0. The van der Waals surface area contributed by atoms with Crippen LogP contribution >= 0.6 is 0 Å². The molecular weight excluding hydrogens is 248 g/mol. The van der Waals surface area contributed by atoms with Crippen molar-refractivity contribution in [2.45, 2.75) is 82.9 Å². The van der Waals surface area contributed by atoms with Gasteiger partial charge < -0.3 is 10.5 Å². The normalized spacial score (nSPS) is 42.9. The zero-order chi connectivity index (χ0) is 14.8. The van der Waals surface area contributed by atoms with Crippen LogP contribution in [-0.2, 0) is 4.74 Å². The van der Waals surface area contributed by atoms with Gasteiger partial charge in [-0.2, -0.15) is 0 Å². The van der Waals surface area contributed by atoms with Gasteiger partial charge in [0.2, 0.25) is 0 Å². The smallest absolute Gasteiger partial charge is 0.0670 e. The second-order valence-electron chi connectivity index (χ2n) is 7.53. The summed E-state index contributed by atoms with van der Waals surface area (Å²) < 4.78 is 6.04. The Hall–Kier alpha value is -0.120. The third-order valence-corrected chi connectivity index (χ3v) is 6.13. The van der Waals surface area contributed by atoms with Gasteiger partial charge in [-0.05, 0) is 64.8 Å². The summed E-state index contributed by atoms with van der Waals surface area (Å²) >= 11 is 0. The van der Waals surface area contributed by atoms with Gasteiger partial charge in [0.05, 0.1) is 5.60 Å². The molecule has 2 aliphatic rings. The molecule has 0 bridgehead atoms. The highest BCUT2D eigenvalue weighted by Crippen LogP contribution is 2.40. The van der Waals surface area contributed by atoms with Crippen molar-refractivity contribution in [1.82, 2.24) is 4.90 Å². The first kappa shape index (κ1) is 16.3. The quantitative estimate of drug-likeness (QED) is 0.860. The molecule has 118 valence electrons. The molecule has 20 heavy (non-hydrogen) atoms. The van der Waals surface area contributed by atoms with E-state index in [1.54, 1.807) is 0 Å². The van der Waals surface area contributed by atoms with Crippen molar-refractivity contribution in [1.29, 1.82) is 0 Å². The van der Waals surface area contributed by atoms with Crippen LogP contribution in [0.4, 0.5) is 0 Å². The first-order valence-corrected chi connectivity index (χ1v) is 8.52. The van der Waals surface area contributed by atoms with E-state index in [2.05, 4.69) is 32.7 Å². The summed E-state index contributed by atoms with van der Waals surface area (Å²) in [5, 5.41) is 0. The average Bonchev–Trinajstić information content (AvgIpc) is 2.47. The Kier molecular flexibility index (Phi) is 5.14. The standard InChI is InChI=1S/C17H34N2O/c1-5-16(3)12-17(13-18,10-11-20-16)19(4)15-8-6-14(2)7-9-15/h14-15H,5-13,18H2,1-4H3. The zero-order valence-corrected chi connectivity index (χ0v) is 14.0. The number of likely N-dealkylation sites (N-methyl/N-ethyl adjacent to an activating group) is 1. The molecule has 3 heteroatoms. The minimum atomic E-state index is 0.00778. The van der Waals surface area contributed by atoms with Crippen LogP contribution in [-0.4, -0.2) is 42.3 Å². The van der Waals surface area contributed by atoms with Gasteiger partial charge in [-0.1, -0.05) is 13.8 Å². The van der Waals surface area contributed by atoms with Crippen LogP contribution < -0.4 is 5.73 Å². The molecule has 0 spiro atoms. The minimum Gasteiger partial charge on any atom is -0.375 e. The first-order valence-electron chi connectivity index (χ1n) is 8.52. The number of rotatable bonds is 4. The Morgan fingerprint density at radius 3 is 2.45 bits per heavy atom. The van der Waals surface area contributed by atoms with Gasteiger partial charge in [0.1, 0.15) is 0 Å². The average molecular weight is 282 g/mol. The van der Waals surface area contributed by atoms with Crippen LogP contribution in [0.1, 0.15) is 65.7 Å². The number of hydrogen-bond acceptors (Lipinski definition) is 3. The van der Waals surface area contributed by atoms with Gasteiger partial charge in [0.15, 0.2) is 0 Å². The predicted octanol–water partition coefficient (Wildman–Crippen LogP) is 3.17. The van der Waals surface area contributed by atoms with Gasteiger partial charge in [-0.3, -0.25) is 4.90 Å². The topological polar surface area (TPSA) is 38.5 Å². The Morgan fingerprint density at radius 1 is 1.25 bits per heavy atom. The number of nitrogens with zero attached hydrogens (tertiary/aromatic N) is 1.